The Kier molecular flexibility index (Phi) is 4.65. The third-order valence-corrected chi connectivity index (χ3v) is 5.01. The zero-order chi connectivity index (χ0) is 15.4. The van der Waals surface area contributed by atoms with Crippen LogP contribution in [0.15, 0.2) is 52.2 Å². The summed E-state index contributed by atoms with van der Waals surface area (Å²) in [6.45, 7) is 0. The molecule has 0 radical (unpaired) electrons. The standard InChI is InChI=1S/C17H15NO2S2/c1-19-13-9-12(10-14(11-13)20-2)7-8-21-17-18-15-5-3-4-6-16(15)22-17/h3-11H,1-2H3/b8-7+. The lowest BCUT2D eigenvalue weighted by atomic mass is 10.2. The number of aromatic nitrogens is 1. The van der Waals surface area contributed by atoms with Crippen LogP contribution in [0.2, 0.25) is 0 Å². The van der Waals surface area contributed by atoms with E-state index in [1.807, 2.05) is 47.9 Å². The number of rotatable bonds is 5. The van der Waals surface area contributed by atoms with Crippen LogP contribution in [0.5, 0.6) is 11.5 Å². The Morgan fingerprint density at radius 1 is 1.05 bits per heavy atom. The van der Waals surface area contributed by atoms with Gasteiger partial charge in [-0.15, -0.1) is 11.3 Å². The summed E-state index contributed by atoms with van der Waals surface area (Å²) < 4.78 is 12.8. The minimum atomic E-state index is 0.781. The first-order valence-electron chi connectivity index (χ1n) is 6.70. The molecule has 3 aromatic rings. The van der Waals surface area contributed by atoms with Gasteiger partial charge in [0.25, 0.3) is 0 Å². The maximum absolute atomic E-state index is 5.27. The van der Waals surface area contributed by atoms with Crippen molar-refractivity contribution in [1.82, 2.24) is 4.98 Å². The van der Waals surface area contributed by atoms with Crippen LogP contribution in [0.3, 0.4) is 0 Å². The maximum Gasteiger partial charge on any atom is 0.155 e. The number of thioether (sulfide) groups is 1. The molecule has 3 rings (SSSR count). The van der Waals surface area contributed by atoms with Crippen molar-refractivity contribution in [2.45, 2.75) is 4.34 Å². The number of hydrogen-bond donors (Lipinski definition) is 0. The van der Waals surface area contributed by atoms with Crippen molar-refractivity contribution in [3.8, 4) is 11.5 Å². The molecule has 0 aliphatic heterocycles. The molecular formula is C17H15NO2S2. The van der Waals surface area contributed by atoms with Crippen LogP contribution in [0.1, 0.15) is 5.56 Å². The van der Waals surface area contributed by atoms with Gasteiger partial charge in [-0.2, -0.15) is 0 Å². The number of ether oxygens (including phenoxy) is 2. The Hall–Kier alpha value is -1.98. The number of fused-ring (bicyclic) bond motifs is 1. The predicted octanol–water partition coefficient (Wildman–Crippen LogP) is 5.08. The number of benzene rings is 2. The van der Waals surface area contributed by atoms with Crippen molar-refractivity contribution in [2.24, 2.45) is 0 Å². The molecule has 0 atom stereocenters. The Morgan fingerprint density at radius 2 is 1.77 bits per heavy atom. The maximum atomic E-state index is 5.27. The van der Waals surface area contributed by atoms with Crippen LogP contribution < -0.4 is 9.47 Å². The molecule has 0 unspecified atom stereocenters. The van der Waals surface area contributed by atoms with E-state index in [0.29, 0.717) is 0 Å². The molecule has 112 valence electrons. The fourth-order valence-corrected chi connectivity index (χ4v) is 3.82. The monoisotopic (exact) mass is 329 g/mol. The van der Waals surface area contributed by atoms with Gasteiger partial charge in [0.1, 0.15) is 11.5 Å². The Morgan fingerprint density at radius 3 is 2.45 bits per heavy atom. The number of hydrogen-bond acceptors (Lipinski definition) is 5. The molecule has 0 N–H and O–H groups in total. The number of para-hydroxylation sites is 1. The second-order valence-electron chi connectivity index (χ2n) is 4.51. The van der Waals surface area contributed by atoms with E-state index in [2.05, 4.69) is 11.1 Å². The largest absolute Gasteiger partial charge is 0.497 e. The third-order valence-electron chi connectivity index (χ3n) is 3.08. The summed E-state index contributed by atoms with van der Waals surface area (Å²) in [5.41, 5.74) is 2.08. The van der Waals surface area contributed by atoms with E-state index in [4.69, 9.17) is 9.47 Å². The van der Waals surface area contributed by atoms with Crippen molar-refractivity contribution in [3.05, 3.63) is 53.4 Å². The number of thiazole rings is 1. The summed E-state index contributed by atoms with van der Waals surface area (Å²) in [7, 11) is 3.30. The Balaban J connectivity index is 1.76. The lowest BCUT2D eigenvalue weighted by Gasteiger charge is -2.05. The highest BCUT2D eigenvalue weighted by molar-refractivity contribution is 8.04. The first-order chi connectivity index (χ1) is 10.8. The molecule has 0 bridgehead atoms. The van der Waals surface area contributed by atoms with Crippen LogP contribution in [0, 0.1) is 0 Å². The molecular weight excluding hydrogens is 314 g/mol. The van der Waals surface area contributed by atoms with E-state index < -0.39 is 0 Å². The Bertz CT molecular complexity index is 756. The molecule has 0 amide bonds. The summed E-state index contributed by atoms with van der Waals surface area (Å²) in [6, 6.07) is 14.0. The predicted molar refractivity (Wildman–Crippen MR) is 94.1 cm³/mol. The zero-order valence-electron chi connectivity index (χ0n) is 12.3. The number of nitrogens with zero attached hydrogens (tertiary/aromatic N) is 1. The van der Waals surface area contributed by atoms with E-state index in [-0.39, 0.29) is 0 Å². The normalized spacial score (nSPS) is 11.2. The molecule has 1 aromatic heterocycles. The van der Waals surface area contributed by atoms with Crippen molar-refractivity contribution < 1.29 is 9.47 Å². The van der Waals surface area contributed by atoms with Crippen LogP contribution in [-0.2, 0) is 0 Å². The van der Waals surface area contributed by atoms with Crippen LogP contribution in [-0.4, -0.2) is 19.2 Å². The van der Waals surface area contributed by atoms with Gasteiger partial charge < -0.3 is 9.47 Å². The van der Waals surface area contributed by atoms with Crippen molar-refractivity contribution in [3.63, 3.8) is 0 Å². The van der Waals surface area contributed by atoms with Gasteiger partial charge in [0.2, 0.25) is 0 Å². The molecule has 2 aromatic carbocycles. The summed E-state index contributed by atoms with van der Waals surface area (Å²) in [6.07, 6.45) is 2.03. The van der Waals surface area contributed by atoms with Gasteiger partial charge >= 0.3 is 0 Å². The van der Waals surface area contributed by atoms with Gasteiger partial charge in [-0.1, -0.05) is 23.9 Å². The third kappa shape index (κ3) is 3.43. The number of methoxy groups -OCH3 is 2. The lowest BCUT2D eigenvalue weighted by molar-refractivity contribution is 0.394. The SMILES string of the molecule is COc1cc(/C=C/Sc2nc3ccccc3s2)cc(OC)c1. The van der Waals surface area contributed by atoms with Crippen molar-refractivity contribution in [1.29, 1.82) is 0 Å². The van der Waals surface area contributed by atoms with Crippen molar-refractivity contribution in [2.75, 3.05) is 14.2 Å². The minimum Gasteiger partial charge on any atom is -0.497 e. The minimum absolute atomic E-state index is 0.781. The molecule has 5 heteroatoms. The molecule has 0 saturated carbocycles. The Labute approximate surface area is 137 Å². The summed E-state index contributed by atoms with van der Waals surface area (Å²) in [5.74, 6) is 1.56. The molecule has 22 heavy (non-hydrogen) atoms. The van der Waals surface area contributed by atoms with E-state index in [1.54, 1.807) is 37.3 Å². The van der Waals surface area contributed by atoms with Crippen LogP contribution in [0.4, 0.5) is 0 Å². The van der Waals surface area contributed by atoms with E-state index in [9.17, 15) is 0 Å². The average Bonchev–Trinajstić information content (AvgIpc) is 2.97. The highest BCUT2D eigenvalue weighted by Crippen LogP contribution is 2.31. The smallest absolute Gasteiger partial charge is 0.155 e. The first-order valence-corrected chi connectivity index (χ1v) is 8.40. The van der Waals surface area contributed by atoms with Crippen LogP contribution in [0.25, 0.3) is 16.3 Å². The molecule has 0 aliphatic carbocycles. The van der Waals surface area contributed by atoms with Gasteiger partial charge in [0.05, 0.1) is 24.4 Å². The molecule has 0 spiro atoms. The molecule has 3 nitrogen and oxygen atoms in total. The molecule has 0 aliphatic rings. The topological polar surface area (TPSA) is 31.4 Å². The lowest BCUT2D eigenvalue weighted by Crippen LogP contribution is -1.87. The van der Waals surface area contributed by atoms with Gasteiger partial charge in [-0.05, 0) is 41.3 Å². The second kappa shape index (κ2) is 6.85. The molecule has 1 heterocycles. The quantitative estimate of drug-likeness (QED) is 0.611. The molecule has 0 saturated heterocycles. The van der Waals surface area contributed by atoms with Gasteiger partial charge in [0.15, 0.2) is 4.34 Å². The first kappa shape index (κ1) is 14.9. The highest BCUT2D eigenvalue weighted by atomic mass is 32.2. The van der Waals surface area contributed by atoms with E-state index in [0.717, 1.165) is 26.9 Å². The summed E-state index contributed by atoms with van der Waals surface area (Å²) in [4.78, 5) is 4.59. The average molecular weight is 329 g/mol. The zero-order valence-corrected chi connectivity index (χ0v) is 13.9. The summed E-state index contributed by atoms with van der Waals surface area (Å²) >= 11 is 3.31. The fourth-order valence-electron chi connectivity index (χ4n) is 2.00. The molecule has 0 fully saturated rings. The van der Waals surface area contributed by atoms with E-state index in [1.165, 1.54) is 4.70 Å². The van der Waals surface area contributed by atoms with Gasteiger partial charge in [-0.25, -0.2) is 4.98 Å². The van der Waals surface area contributed by atoms with Crippen LogP contribution >= 0.6 is 23.1 Å². The summed E-state index contributed by atoms with van der Waals surface area (Å²) in [5, 5.41) is 2.03. The second-order valence-corrected chi connectivity index (χ2v) is 6.70. The highest BCUT2D eigenvalue weighted by Gasteiger charge is 2.02. The fraction of sp³-hybridized carbons (Fsp3) is 0.118. The van der Waals surface area contributed by atoms with Gasteiger partial charge in [0, 0.05) is 6.07 Å². The van der Waals surface area contributed by atoms with Gasteiger partial charge in [-0.3, -0.25) is 0 Å². The van der Waals surface area contributed by atoms with Crippen molar-refractivity contribution >= 4 is 39.4 Å². The van der Waals surface area contributed by atoms with E-state index >= 15 is 0 Å².